The molecule has 3 unspecified atom stereocenters. The number of nitrogens with one attached hydrogen (secondary N) is 1. The lowest BCUT2D eigenvalue weighted by Crippen LogP contribution is -2.14. The average molecular weight is 317 g/mol. The van der Waals surface area contributed by atoms with Crippen LogP contribution in [0.5, 0.6) is 0 Å². The molecule has 0 aliphatic heterocycles. The van der Waals surface area contributed by atoms with Gasteiger partial charge >= 0.3 is 0 Å². The minimum absolute atomic E-state index is 0.0404. The van der Waals surface area contributed by atoms with Gasteiger partial charge in [-0.2, -0.15) is 0 Å². The molecule has 1 aliphatic carbocycles. The number of hydrogen-bond donors (Lipinski definition) is 1. The Kier molecular flexibility index (Phi) is 3.38. The zero-order chi connectivity index (χ0) is 16.9. The first-order valence-corrected chi connectivity index (χ1v) is 8.66. The number of carbonyl (C=O) groups excluding carboxylic acids is 1. The van der Waals surface area contributed by atoms with Gasteiger partial charge in [-0.1, -0.05) is 62.4 Å². The average Bonchev–Trinajstić information content (AvgIpc) is 2.95. The highest BCUT2D eigenvalue weighted by molar-refractivity contribution is 5.93. The second kappa shape index (κ2) is 5.34. The van der Waals surface area contributed by atoms with Crippen LogP contribution in [0.4, 0.5) is 0 Å². The Balaban J connectivity index is 1.61. The van der Waals surface area contributed by atoms with Crippen LogP contribution in [0.1, 0.15) is 43.9 Å². The molecule has 2 heteroatoms. The number of para-hydroxylation sites is 1. The summed E-state index contributed by atoms with van der Waals surface area (Å²) in [5.74, 6) is 0.676. The van der Waals surface area contributed by atoms with Gasteiger partial charge in [0, 0.05) is 17.1 Å². The van der Waals surface area contributed by atoms with Gasteiger partial charge in [-0.3, -0.25) is 4.79 Å². The molecule has 2 nitrogen and oxygen atoms in total. The summed E-state index contributed by atoms with van der Waals surface area (Å²) < 4.78 is 0. The summed E-state index contributed by atoms with van der Waals surface area (Å²) in [7, 11) is 0. The van der Waals surface area contributed by atoms with E-state index in [1.54, 1.807) is 0 Å². The van der Waals surface area contributed by atoms with E-state index in [2.05, 4.69) is 61.3 Å². The maximum absolute atomic E-state index is 13.2. The van der Waals surface area contributed by atoms with Crippen LogP contribution >= 0.6 is 0 Å². The van der Waals surface area contributed by atoms with Crippen LogP contribution in [0.3, 0.4) is 0 Å². The van der Waals surface area contributed by atoms with E-state index in [0.717, 1.165) is 11.2 Å². The molecule has 24 heavy (non-hydrogen) atoms. The molecule has 1 aliphatic rings. The van der Waals surface area contributed by atoms with E-state index in [-0.39, 0.29) is 17.3 Å². The maximum atomic E-state index is 13.2. The number of rotatable bonds is 4. The van der Waals surface area contributed by atoms with E-state index in [0.29, 0.717) is 11.7 Å². The van der Waals surface area contributed by atoms with Gasteiger partial charge in [-0.25, -0.2) is 0 Å². The van der Waals surface area contributed by atoms with Gasteiger partial charge in [0.15, 0.2) is 0 Å². The van der Waals surface area contributed by atoms with Gasteiger partial charge in [0.1, 0.15) is 5.78 Å². The molecule has 1 N–H and O–H groups in total. The van der Waals surface area contributed by atoms with E-state index in [4.69, 9.17) is 0 Å². The zero-order valence-corrected chi connectivity index (χ0v) is 14.4. The van der Waals surface area contributed by atoms with Crippen molar-refractivity contribution in [2.24, 2.45) is 11.3 Å². The van der Waals surface area contributed by atoms with Crippen LogP contribution < -0.4 is 0 Å². The molecule has 1 aromatic heterocycles. The molecule has 3 atom stereocenters. The van der Waals surface area contributed by atoms with Crippen molar-refractivity contribution in [1.29, 1.82) is 0 Å². The fourth-order valence-electron chi connectivity index (χ4n) is 4.20. The second-order valence-corrected chi connectivity index (χ2v) is 7.62. The normalized spacial score (nSPS) is 23.1. The molecule has 0 radical (unpaired) electrons. The predicted octanol–water partition coefficient (Wildman–Crippen LogP) is 5.28. The van der Waals surface area contributed by atoms with Gasteiger partial charge in [-0.15, -0.1) is 0 Å². The highest BCUT2D eigenvalue weighted by atomic mass is 16.1. The van der Waals surface area contributed by atoms with Crippen molar-refractivity contribution in [3.63, 3.8) is 0 Å². The van der Waals surface area contributed by atoms with Gasteiger partial charge < -0.3 is 4.98 Å². The zero-order valence-electron chi connectivity index (χ0n) is 14.4. The van der Waals surface area contributed by atoms with E-state index >= 15 is 0 Å². The first kappa shape index (κ1) is 15.2. The summed E-state index contributed by atoms with van der Waals surface area (Å²) in [4.78, 5) is 16.6. The van der Waals surface area contributed by atoms with Crippen LogP contribution in [0.15, 0.2) is 60.7 Å². The van der Waals surface area contributed by atoms with E-state index < -0.39 is 0 Å². The summed E-state index contributed by atoms with van der Waals surface area (Å²) in [6, 6.07) is 20.8. The lowest BCUT2D eigenvalue weighted by atomic mass is 9.95. The molecule has 122 valence electrons. The lowest BCUT2D eigenvalue weighted by Gasteiger charge is -2.09. The van der Waals surface area contributed by atoms with Crippen LogP contribution in [-0.2, 0) is 4.79 Å². The van der Waals surface area contributed by atoms with E-state index in [9.17, 15) is 4.79 Å². The summed E-state index contributed by atoms with van der Waals surface area (Å²) in [5, 5.41) is 1.17. The van der Waals surface area contributed by atoms with Gasteiger partial charge in [-0.05, 0) is 41.3 Å². The topological polar surface area (TPSA) is 32.9 Å². The third-order valence-corrected chi connectivity index (χ3v) is 5.74. The number of fused-ring (bicyclic) bond motifs is 1. The molecular formula is C22H23NO. The number of H-pyrrole nitrogens is 1. The summed E-state index contributed by atoms with van der Waals surface area (Å²) in [5.41, 5.74) is 3.45. The molecule has 3 aromatic rings. The van der Waals surface area contributed by atoms with Crippen molar-refractivity contribution in [1.82, 2.24) is 4.98 Å². The SMILES string of the molecule is CC(C(=O)C1C(c2ccccc2)C1(C)C)c1cc2ccccc2[nH]1. The van der Waals surface area contributed by atoms with Gasteiger partial charge in [0.25, 0.3) is 0 Å². The quantitative estimate of drug-likeness (QED) is 0.697. The number of hydrogen-bond acceptors (Lipinski definition) is 1. The Morgan fingerprint density at radius 1 is 1.04 bits per heavy atom. The number of ketones is 1. The third-order valence-electron chi connectivity index (χ3n) is 5.74. The Hall–Kier alpha value is -2.35. The first-order chi connectivity index (χ1) is 11.5. The van der Waals surface area contributed by atoms with Crippen LogP contribution in [0.25, 0.3) is 10.9 Å². The first-order valence-electron chi connectivity index (χ1n) is 8.66. The molecule has 1 saturated carbocycles. The number of aromatic amines is 1. The van der Waals surface area contributed by atoms with Crippen molar-refractivity contribution in [3.8, 4) is 0 Å². The Morgan fingerprint density at radius 3 is 2.42 bits per heavy atom. The molecule has 1 heterocycles. The standard InChI is InChI=1S/C22H23NO/c1-14(18-13-16-11-7-8-12-17(16)23-18)21(24)20-19(22(20,2)3)15-9-5-4-6-10-15/h4-14,19-20,23H,1-3H3. The Bertz CT molecular complexity index is 857. The van der Waals surface area contributed by atoms with Crippen molar-refractivity contribution in [2.45, 2.75) is 32.6 Å². The van der Waals surface area contributed by atoms with Crippen LogP contribution in [0, 0.1) is 11.3 Å². The Labute approximate surface area is 142 Å². The smallest absolute Gasteiger partial charge is 0.145 e. The fourth-order valence-corrected chi connectivity index (χ4v) is 4.20. The molecule has 0 saturated heterocycles. The minimum Gasteiger partial charge on any atom is -0.358 e. The predicted molar refractivity (Wildman–Crippen MR) is 98.2 cm³/mol. The fraction of sp³-hybridized carbons (Fsp3) is 0.318. The molecule has 2 aromatic carbocycles. The minimum atomic E-state index is -0.101. The number of carbonyl (C=O) groups is 1. The largest absolute Gasteiger partial charge is 0.358 e. The highest BCUT2D eigenvalue weighted by Gasteiger charge is 2.62. The third kappa shape index (κ3) is 2.29. The highest BCUT2D eigenvalue weighted by Crippen LogP contribution is 2.65. The molecule has 0 amide bonds. The Morgan fingerprint density at radius 2 is 1.71 bits per heavy atom. The molecule has 1 fully saturated rings. The van der Waals surface area contributed by atoms with E-state index in [1.807, 2.05) is 25.1 Å². The van der Waals surface area contributed by atoms with Crippen molar-refractivity contribution >= 4 is 16.7 Å². The van der Waals surface area contributed by atoms with E-state index in [1.165, 1.54) is 10.9 Å². The summed E-state index contributed by atoms with van der Waals surface area (Å²) in [6.45, 7) is 6.46. The lowest BCUT2D eigenvalue weighted by molar-refractivity contribution is -0.122. The van der Waals surface area contributed by atoms with Crippen molar-refractivity contribution in [2.75, 3.05) is 0 Å². The van der Waals surface area contributed by atoms with Gasteiger partial charge in [0.05, 0.1) is 5.92 Å². The molecular weight excluding hydrogens is 294 g/mol. The summed E-state index contributed by atoms with van der Waals surface area (Å²) >= 11 is 0. The molecule has 4 rings (SSSR count). The van der Waals surface area contributed by atoms with Crippen LogP contribution in [-0.4, -0.2) is 10.8 Å². The molecule has 0 spiro atoms. The maximum Gasteiger partial charge on any atom is 0.145 e. The molecule has 0 bridgehead atoms. The van der Waals surface area contributed by atoms with Crippen LogP contribution in [0.2, 0.25) is 0 Å². The van der Waals surface area contributed by atoms with Gasteiger partial charge in [0.2, 0.25) is 0 Å². The summed E-state index contributed by atoms with van der Waals surface area (Å²) in [6.07, 6.45) is 0. The van der Waals surface area contributed by atoms with Crippen molar-refractivity contribution < 1.29 is 4.79 Å². The second-order valence-electron chi connectivity index (χ2n) is 7.62. The number of benzene rings is 2. The number of Topliss-reactive ketones (excluding diaryl/α,β-unsaturated/α-hetero) is 1. The monoisotopic (exact) mass is 317 g/mol. The van der Waals surface area contributed by atoms with Crippen molar-refractivity contribution in [3.05, 3.63) is 71.9 Å². The number of aromatic nitrogens is 1.